The highest BCUT2D eigenvalue weighted by Gasteiger charge is 2.12. The fourth-order valence-corrected chi connectivity index (χ4v) is 2.50. The average molecular weight is 224 g/mol. The SMILES string of the molecule is C[NH+]1CC=C(c2ccc3ccccc3c2)CC1. The number of fused-ring (bicyclic) bond motifs is 1. The second-order valence-electron chi connectivity index (χ2n) is 4.95. The zero-order chi connectivity index (χ0) is 11.7. The lowest BCUT2D eigenvalue weighted by atomic mass is 9.97. The maximum atomic E-state index is 2.39. The van der Waals surface area contributed by atoms with Gasteiger partial charge in [0.25, 0.3) is 0 Å². The van der Waals surface area contributed by atoms with Gasteiger partial charge in [-0.2, -0.15) is 0 Å². The summed E-state index contributed by atoms with van der Waals surface area (Å²) in [6.45, 7) is 2.40. The number of rotatable bonds is 1. The van der Waals surface area contributed by atoms with Gasteiger partial charge in [0, 0.05) is 6.42 Å². The quantitative estimate of drug-likeness (QED) is 0.757. The summed E-state index contributed by atoms with van der Waals surface area (Å²) in [4.78, 5) is 1.61. The first-order valence-corrected chi connectivity index (χ1v) is 6.32. The Morgan fingerprint density at radius 3 is 2.59 bits per heavy atom. The molecule has 1 aliphatic rings. The Morgan fingerprint density at radius 2 is 1.82 bits per heavy atom. The van der Waals surface area contributed by atoms with Crippen molar-refractivity contribution in [1.29, 1.82) is 0 Å². The molecule has 2 aromatic rings. The summed E-state index contributed by atoms with van der Waals surface area (Å²) in [5.41, 5.74) is 2.91. The van der Waals surface area contributed by atoms with Gasteiger partial charge in [-0.05, 0) is 34.1 Å². The lowest BCUT2D eigenvalue weighted by Gasteiger charge is -2.19. The Labute approximate surface area is 102 Å². The molecule has 3 rings (SSSR count). The second kappa shape index (κ2) is 4.34. The van der Waals surface area contributed by atoms with Gasteiger partial charge >= 0.3 is 0 Å². The Hall–Kier alpha value is -1.60. The van der Waals surface area contributed by atoms with Crippen LogP contribution in [0.3, 0.4) is 0 Å². The molecular weight excluding hydrogens is 206 g/mol. The minimum atomic E-state index is 1.15. The maximum Gasteiger partial charge on any atom is 0.0962 e. The lowest BCUT2D eigenvalue weighted by molar-refractivity contribution is -0.874. The first-order chi connectivity index (χ1) is 8.33. The summed E-state index contributed by atoms with van der Waals surface area (Å²) >= 11 is 0. The molecule has 0 spiro atoms. The highest BCUT2D eigenvalue weighted by molar-refractivity contribution is 5.86. The predicted octanol–water partition coefficient (Wildman–Crippen LogP) is 2.14. The van der Waals surface area contributed by atoms with Crippen molar-refractivity contribution < 1.29 is 4.90 Å². The summed E-state index contributed by atoms with van der Waals surface area (Å²) in [7, 11) is 2.26. The topological polar surface area (TPSA) is 4.44 Å². The number of benzene rings is 2. The largest absolute Gasteiger partial charge is 0.334 e. The fraction of sp³-hybridized carbons (Fsp3) is 0.250. The molecule has 0 saturated heterocycles. The normalized spacial score (nSPS) is 20.3. The number of hydrogen-bond donors (Lipinski definition) is 1. The van der Waals surface area contributed by atoms with E-state index in [1.54, 1.807) is 4.90 Å². The van der Waals surface area contributed by atoms with E-state index >= 15 is 0 Å². The molecule has 1 nitrogen and oxygen atoms in total. The molecule has 0 saturated carbocycles. The monoisotopic (exact) mass is 224 g/mol. The van der Waals surface area contributed by atoms with E-state index in [1.165, 1.54) is 34.9 Å². The molecule has 1 aliphatic heterocycles. The van der Waals surface area contributed by atoms with Crippen LogP contribution in [0, 0.1) is 0 Å². The number of quaternary nitrogens is 1. The van der Waals surface area contributed by atoms with E-state index in [2.05, 4.69) is 55.6 Å². The molecule has 1 N–H and O–H groups in total. The van der Waals surface area contributed by atoms with Crippen molar-refractivity contribution in [2.45, 2.75) is 6.42 Å². The molecule has 0 fully saturated rings. The molecule has 0 radical (unpaired) electrons. The maximum absolute atomic E-state index is 2.39. The van der Waals surface area contributed by atoms with Crippen LogP contribution in [0.25, 0.3) is 16.3 Å². The van der Waals surface area contributed by atoms with Crippen LogP contribution >= 0.6 is 0 Å². The summed E-state index contributed by atoms with van der Waals surface area (Å²) in [6, 6.07) is 15.4. The third-order valence-electron chi connectivity index (χ3n) is 3.64. The first kappa shape index (κ1) is 10.5. The van der Waals surface area contributed by atoms with Gasteiger partial charge in [0.2, 0.25) is 0 Å². The molecule has 0 bridgehead atoms. The average Bonchev–Trinajstić information content (AvgIpc) is 2.39. The Morgan fingerprint density at radius 1 is 1.00 bits per heavy atom. The molecule has 0 aromatic heterocycles. The zero-order valence-electron chi connectivity index (χ0n) is 10.2. The second-order valence-corrected chi connectivity index (χ2v) is 4.95. The van der Waals surface area contributed by atoms with Crippen molar-refractivity contribution in [3.05, 3.63) is 54.1 Å². The van der Waals surface area contributed by atoms with Gasteiger partial charge in [-0.1, -0.05) is 36.4 Å². The van der Waals surface area contributed by atoms with Crippen LogP contribution in [0.4, 0.5) is 0 Å². The van der Waals surface area contributed by atoms with E-state index in [9.17, 15) is 0 Å². The van der Waals surface area contributed by atoms with E-state index in [0.717, 1.165) is 6.54 Å². The molecule has 1 heterocycles. The van der Waals surface area contributed by atoms with Crippen LogP contribution in [0.5, 0.6) is 0 Å². The summed E-state index contributed by atoms with van der Waals surface area (Å²) < 4.78 is 0. The Bertz CT molecular complexity index is 569. The third kappa shape index (κ3) is 2.11. The van der Waals surface area contributed by atoms with Crippen LogP contribution in [0.15, 0.2) is 48.5 Å². The van der Waals surface area contributed by atoms with E-state index in [0.29, 0.717) is 0 Å². The smallest absolute Gasteiger partial charge is 0.0962 e. The molecule has 86 valence electrons. The van der Waals surface area contributed by atoms with Crippen LogP contribution in [0.1, 0.15) is 12.0 Å². The van der Waals surface area contributed by atoms with Crippen molar-refractivity contribution in [1.82, 2.24) is 0 Å². The predicted molar refractivity (Wildman–Crippen MR) is 73.2 cm³/mol. The molecule has 0 amide bonds. The lowest BCUT2D eigenvalue weighted by Crippen LogP contribution is -3.09. The number of hydrogen-bond acceptors (Lipinski definition) is 0. The summed E-state index contributed by atoms with van der Waals surface area (Å²) in [6.07, 6.45) is 3.59. The van der Waals surface area contributed by atoms with Gasteiger partial charge in [-0.15, -0.1) is 0 Å². The van der Waals surface area contributed by atoms with Crippen LogP contribution in [0.2, 0.25) is 0 Å². The molecule has 2 aromatic carbocycles. The summed E-state index contributed by atoms with van der Waals surface area (Å²) in [5.74, 6) is 0. The van der Waals surface area contributed by atoms with Crippen molar-refractivity contribution in [2.24, 2.45) is 0 Å². The molecule has 17 heavy (non-hydrogen) atoms. The van der Waals surface area contributed by atoms with Crippen molar-refractivity contribution in [3.8, 4) is 0 Å². The molecule has 1 atom stereocenters. The van der Waals surface area contributed by atoms with Gasteiger partial charge in [0.1, 0.15) is 0 Å². The standard InChI is InChI=1S/C16H17N/c1-17-10-8-14(9-11-17)16-7-6-13-4-2-3-5-15(13)12-16/h2-8,12H,9-11H2,1H3/p+1. The van der Waals surface area contributed by atoms with Crippen LogP contribution in [-0.4, -0.2) is 20.1 Å². The fourth-order valence-electron chi connectivity index (χ4n) is 2.50. The van der Waals surface area contributed by atoms with E-state index in [4.69, 9.17) is 0 Å². The molecule has 0 aliphatic carbocycles. The minimum Gasteiger partial charge on any atom is -0.334 e. The van der Waals surface area contributed by atoms with Crippen molar-refractivity contribution >= 4 is 16.3 Å². The van der Waals surface area contributed by atoms with Gasteiger partial charge in [-0.25, -0.2) is 0 Å². The zero-order valence-corrected chi connectivity index (χ0v) is 10.2. The molecule has 1 heteroatoms. The molecular formula is C16H18N+. The summed E-state index contributed by atoms with van der Waals surface area (Å²) in [5, 5.41) is 2.67. The van der Waals surface area contributed by atoms with Gasteiger partial charge < -0.3 is 4.90 Å². The van der Waals surface area contributed by atoms with E-state index in [-0.39, 0.29) is 0 Å². The number of likely N-dealkylation sites (N-methyl/N-ethyl adjacent to an activating group) is 1. The molecule has 1 unspecified atom stereocenters. The highest BCUT2D eigenvalue weighted by atomic mass is 15.1. The highest BCUT2D eigenvalue weighted by Crippen LogP contribution is 2.23. The van der Waals surface area contributed by atoms with Crippen LogP contribution < -0.4 is 4.90 Å². The van der Waals surface area contributed by atoms with Gasteiger partial charge in [0.15, 0.2) is 0 Å². The Kier molecular flexibility index (Phi) is 2.69. The van der Waals surface area contributed by atoms with Crippen molar-refractivity contribution in [3.63, 3.8) is 0 Å². The minimum absolute atomic E-state index is 1.15. The number of nitrogens with one attached hydrogen (secondary N) is 1. The third-order valence-corrected chi connectivity index (χ3v) is 3.64. The van der Waals surface area contributed by atoms with Crippen LogP contribution in [-0.2, 0) is 0 Å². The first-order valence-electron chi connectivity index (χ1n) is 6.32. The van der Waals surface area contributed by atoms with E-state index in [1.807, 2.05) is 0 Å². The van der Waals surface area contributed by atoms with Gasteiger partial charge in [-0.3, -0.25) is 0 Å². The van der Waals surface area contributed by atoms with Gasteiger partial charge in [0.05, 0.1) is 20.1 Å². The Balaban J connectivity index is 2.01. The van der Waals surface area contributed by atoms with Crippen molar-refractivity contribution in [2.75, 3.05) is 20.1 Å². The van der Waals surface area contributed by atoms with E-state index < -0.39 is 0 Å².